The third-order valence-electron chi connectivity index (χ3n) is 3.26. The first-order valence-electron chi connectivity index (χ1n) is 6.29. The second-order valence-electron chi connectivity index (χ2n) is 4.94. The van der Waals surface area contributed by atoms with Gasteiger partial charge in [0.15, 0.2) is 0 Å². The molecule has 0 aliphatic carbocycles. The van der Waals surface area contributed by atoms with Crippen LogP contribution in [0.25, 0.3) is 0 Å². The number of carbonyl (C=O) groups is 1. The summed E-state index contributed by atoms with van der Waals surface area (Å²) in [6, 6.07) is 4.12. The van der Waals surface area contributed by atoms with Gasteiger partial charge in [0.05, 0.1) is 12.6 Å². The average molecular weight is 248 g/mol. The molecule has 4 nitrogen and oxygen atoms in total. The van der Waals surface area contributed by atoms with Crippen LogP contribution >= 0.6 is 0 Å². The maximum atomic E-state index is 11.2. The van der Waals surface area contributed by atoms with E-state index >= 15 is 0 Å². The van der Waals surface area contributed by atoms with Crippen LogP contribution in [0.3, 0.4) is 0 Å². The van der Waals surface area contributed by atoms with Crippen LogP contribution in [0.5, 0.6) is 5.75 Å². The van der Waals surface area contributed by atoms with Gasteiger partial charge in [-0.1, -0.05) is 6.07 Å². The Balaban J connectivity index is 2.44. The zero-order valence-electron chi connectivity index (χ0n) is 11.1. The molecule has 1 aliphatic heterocycles. The van der Waals surface area contributed by atoms with E-state index in [0.717, 1.165) is 28.9 Å². The Kier molecular flexibility index (Phi) is 3.57. The van der Waals surface area contributed by atoms with Crippen LogP contribution in [0.15, 0.2) is 12.1 Å². The van der Waals surface area contributed by atoms with Gasteiger partial charge in [0, 0.05) is 24.9 Å². The van der Waals surface area contributed by atoms with Crippen molar-refractivity contribution in [3.8, 4) is 5.75 Å². The smallest absolute Gasteiger partial charge is 0.217 e. The molecule has 0 saturated heterocycles. The van der Waals surface area contributed by atoms with E-state index in [1.165, 1.54) is 6.92 Å². The Morgan fingerprint density at radius 3 is 2.89 bits per heavy atom. The van der Waals surface area contributed by atoms with Gasteiger partial charge in [-0.15, -0.1) is 0 Å². The number of aryl methyl sites for hydroxylation is 1. The molecule has 1 aromatic rings. The molecule has 0 bridgehead atoms. The largest absolute Gasteiger partial charge is 0.493 e. The summed E-state index contributed by atoms with van der Waals surface area (Å²) in [6.07, 6.45) is 0.800. The van der Waals surface area contributed by atoms with Gasteiger partial charge in [-0.25, -0.2) is 0 Å². The van der Waals surface area contributed by atoms with Gasteiger partial charge < -0.3 is 15.8 Å². The highest BCUT2D eigenvalue weighted by Crippen LogP contribution is 2.36. The molecular weight excluding hydrogens is 228 g/mol. The summed E-state index contributed by atoms with van der Waals surface area (Å²) >= 11 is 0. The molecule has 2 rings (SSSR count). The molecule has 3 N–H and O–H groups in total. The van der Waals surface area contributed by atoms with E-state index in [4.69, 9.17) is 10.5 Å². The fourth-order valence-electron chi connectivity index (χ4n) is 2.38. The molecule has 0 aromatic heterocycles. The van der Waals surface area contributed by atoms with Gasteiger partial charge in [0.25, 0.3) is 0 Å². The van der Waals surface area contributed by atoms with Crippen molar-refractivity contribution in [1.82, 2.24) is 5.32 Å². The third kappa shape index (κ3) is 2.48. The van der Waals surface area contributed by atoms with Gasteiger partial charge in [-0.3, -0.25) is 4.79 Å². The lowest BCUT2D eigenvalue weighted by Gasteiger charge is -2.28. The summed E-state index contributed by atoms with van der Waals surface area (Å²) in [6.45, 7) is 6.15. The van der Waals surface area contributed by atoms with Crippen molar-refractivity contribution in [2.24, 2.45) is 5.73 Å². The number of rotatable bonds is 2. The summed E-state index contributed by atoms with van der Waals surface area (Å²) < 4.78 is 5.71. The minimum absolute atomic E-state index is 0.0169. The average Bonchev–Trinajstić information content (AvgIpc) is 2.29. The highest BCUT2D eigenvalue weighted by molar-refractivity contribution is 5.73. The fraction of sp³-hybridized carbons (Fsp3) is 0.500. The van der Waals surface area contributed by atoms with Crippen LogP contribution in [-0.2, 0) is 4.79 Å². The van der Waals surface area contributed by atoms with Crippen molar-refractivity contribution < 1.29 is 9.53 Å². The molecule has 18 heavy (non-hydrogen) atoms. The molecule has 1 amide bonds. The summed E-state index contributed by atoms with van der Waals surface area (Å²) in [5.41, 5.74) is 9.13. The van der Waals surface area contributed by atoms with E-state index in [1.54, 1.807) is 0 Å². The number of hydrogen-bond acceptors (Lipinski definition) is 3. The van der Waals surface area contributed by atoms with E-state index < -0.39 is 0 Å². The summed E-state index contributed by atoms with van der Waals surface area (Å²) in [7, 11) is 0. The lowest BCUT2D eigenvalue weighted by atomic mass is 9.93. The molecular formula is C14H20N2O2. The highest BCUT2D eigenvalue weighted by atomic mass is 16.5. The first kappa shape index (κ1) is 12.9. The SMILES string of the molecule is CC(=O)NC1CCOc2c(C)cc(C(C)N)cc21. The molecule has 0 spiro atoms. The number of nitrogens with two attached hydrogens (primary N) is 1. The predicted octanol–water partition coefficient (Wildman–Crippen LogP) is 1.97. The van der Waals surface area contributed by atoms with E-state index in [0.29, 0.717) is 6.61 Å². The third-order valence-corrected chi connectivity index (χ3v) is 3.26. The summed E-state index contributed by atoms with van der Waals surface area (Å²) in [4.78, 5) is 11.2. The lowest BCUT2D eigenvalue weighted by Crippen LogP contribution is -2.31. The van der Waals surface area contributed by atoms with E-state index in [-0.39, 0.29) is 18.0 Å². The van der Waals surface area contributed by atoms with E-state index in [2.05, 4.69) is 11.4 Å². The summed E-state index contributed by atoms with van der Waals surface area (Å²) in [5, 5.41) is 2.97. The highest BCUT2D eigenvalue weighted by Gasteiger charge is 2.24. The molecule has 1 aromatic carbocycles. The maximum Gasteiger partial charge on any atom is 0.217 e. The van der Waals surface area contributed by atoms with Crippen LogP contribution in [0.1, 0.15) is 49.0 Å². The monoisotopic (exact) mass is 248 g/mol. The Labute approximate surface area is 108 Å². The van der Waals surface area contributed by atoms with Gasteiger partial charge >= 0.3 is 0 Å². The molecule has 2 unspecified atom stereocenters. The van der Waals surface area contributed by atoms with Crippen LogP contribution < -0.4 is 15.8 Å². The van der Waals surface area contributed by atoms with Crippen molar-refractivity contribution in [3.05, 3.63) is 28.8 Å². The van der Waals surface area contributed by atoms with Crippen molar-refractivity contribution >= 4 is 5.91 Å². The van der Waals surface area contributed by atoms with Crippen LogP contribution in [0.4, 0.5) is 0 Å². The van der Waals surface area contributed by atoms with Crippen molar-refractivity contribution in [2.45, 2.75) is 39.3 Å². The Morgan fingerprint density at radius 2 is 2.28 bits per heavy atom. The second kappa shape index (κ2) is 4.98. The van der Waals surface area contributed by atoms with E-state index in [9.17, 15) is 4.79 Å². The van der Waals surface area contributed by atoms with E-state index in [1.807, 2.05) is 19.9 Å². The van der Waals surface area contributed by atoms with Crippen molar-refractivity contribution in [3.63, 3.8) is 0 Å². The quantitative estimate of drug-likeness (QED) is 0.841. The molecule has 1 heterocycles. The molecule has 98 valence electrons. The summed E-state index contributed by atoms with van der Waals surface area (Å²) in [5.74, 6) is 0.876. The lowest BCUT2D eigenvalue weighted by molar-refractivity contribution is -0.119. The van der Waals surface area contributed by atoms with Gasteiger partial charge in [-0.05, 0) is 31.0 Å². The predicted molar refractivity (Wildman–Crippen MR) is 70.5 cm³/mol. The Bertz CT molecular complexity index is 469. The number of fused-ring (bicyclic) bond motifs is 1. The molecule has 2 atom stereocenters. The molecule has 4 heteroatoms. The molecule has 0 radical (unpaired) electrons. The van der Waals surface area contributed by atoms with Crippen LogP contribution in [0, 0.1) is 6.92 Å². The normalized spacial score (nSPS) is 19.7. The molecule has 0 fully saturated rings. The minimum atomic E-state index is -0.0195. The number of benzene rings is 1. The van der Waals surface area contributed by atoms with Crippen molar-refractivity contribution in [2.75, 3.05) is 6.61 Å². The molecule has 1 aliphatic rings. The first-order valence-corrected chi connectivity index (χ1v) is 6.29. The number of carbonyl (C=O) groups excluding carboxylic acids is 1. The van der Waals surface area contributed by atoms with Gasteiger partial charge in [0.2, 0.25) is 5.91 Å². The minimum Gasteiger partial charge on any atom is -0.493 e. The van der Waals surface area contributed by atoms with Gasteiger partial charge in [-0.2, -0.15) is 0 Å². The van der Waals surface area contributed by atoms with Gasteiger partial charge in [0.1, 0.15) is 5.75 Å². The number of amides is 1. The number of ether oxygens (including phenoxy) is 1. The van der Waals surface area contributed by atoms with Crippen LogP contribution in [0.2, 0.25) is 0 Å². The Hall–Kier alpha value is -1.55. The fourth-order valence-corrected chi connectivity index (χ4v) is 2.38. The zero-order valence-corrected chi connectivity index (χ0v) is 11.1. The molecule has 0 saturated carbocycles. The standard InChI is InChI=1S/C14H20N2O2/c1-8-6-11(9(2)15)7-12-13(16-10(3)17)4-5-18-14(8)12/h6-7,9,13H,4-5,15H2,1-3H3,(H,16,17). The van der Waals surface area contributed by atoms with Crippen LogP contribution in [-0.4, -0.2) is 12.5 Å². The second-order valence-corrected chi connectivity index (χ2v) is 4.94. The topological polar surface area (TPSA) is 64.3 Å². The number of hydrogen-bond donors (Lipinski definition) is 2. The first-order chi connectivity index (χ1) is 8.49. The van der Waals surface area contributed by atoms with Crippen molar-refractivity contribution in [1.29, 1.82) is 0 Å². The zero-order chi connectivity index (χ0) is 13.3. The Morgan fingerprint density at radius 1 is 1.56 bits per heavy atom. The number of nitrogens with one attached hydrogen (secondary N) is 1. The maximum absolute atomic E-state index is 11.2.